The molecule has 0 spiro atoms. The normalized spacial score (nSPS) is 19.3. The molecule has 0 N–H and O–H groups in total. The van der Waals surface area contributed by atoms with Crippen molar-refractivity contribution in [1.82, 2.24) is 25.1 Å². The van der Waals surface area contributed by atoms with Crippen LogP contribution in [0, 0.1) is 0 Å². The molecule has 1 atom stereocenters. The molecule has 0 aliphatic carbocycles. The first kappa shape index (κ1) is 13.7. The highest BCUT2D eigenvalue weighted by Crippen LogP contribution is 2.23. The van der Waals surface area contributed by atoms with E-state index in [1.807, 2.05) is 30.3 Å². The molecule has 1 amide bonds. The molecule has 1 aromatic carbocycles. The SMILES string of the molecule is Cn1nnc(C(=O)N2CCOC(c3ccccc3)CC2)n1. The molecule has 1 unspecified atom stereocenters. The van der Waals surface area contributed by atoms with Gasteiger partial charge in [0.25, 0.3) is 11.7 Å². The highest BCUT2D eigenvalue weighted by Gasteiger charge is 2.25. The fourth-order valence-corrected chi connectivity index (χ4v) is 2.42. The second-order valence-electron chi connectivity index (χ2n) is 4.95. The molecule has 21 heavy (non-hydrogen) atoms. The number of amides is 1. The highest BCUT2D eigenvalue weighted by molar-refractivity contribution is 5.90. The lowest BCUT2D eigenvalue weighted by Gasteiger charge is -2.17. The predicted molar refractivity (Wildman–Crippen MR) is 74.5 cm³/mol. The molecule has 2 heterocycles. The Kier molecular flexibility index (Phi) is 3.92. The maximum Gasteiger partial charge on any atom is 0.295 e. The Morgan fingerprint density at radius 3 is 2.81 bits per heavy atom. The largest absolute Gasteiger partial charge is 0.372 e. The summed E-state index contributed by atoms with van der Waals surface area (Å²) in [6.07, 6.45) is 0.787. The number of hydrogen-bond donors (Lipinski definition) is 0. The van der Waals surface area contributed by atoms with Crippen molar-refractivity contribution in [1.29, 1.82) is 0 Å². The zero-order valence-corrected chi connectivity index (χ0v) is 11.8. The molecule has 2 aromatic rings. The Balaban J connectivity index is 1.67. The maximum atomic E-state index is 12.3. The van der Waals surface area contributed by atoms with Crippen LogP contribution in [-0.2, 0) is 11.8 Å². The Hall–Kier alpha value is -2.28. The smallest absolute Gasteiger partial charge is 0.295 e. The number of carbonyl (C=O) groups excluding carboxylic acids is 1. The van der Waals surface area contributed by atoms with Crippen LogP contribution in [0.2, 0.25) is 0 Å². The monoisotopic (exact) mass is 287 g/mol. The van der Waals surface area contributed by atoms with E-state index < -0.39 is 0 Å². The summed E-state index contributed by atoms with van der Waals surface area (Å²) in [6.45, 7) is 1.67. The van der Waals surface area contributed by atoms with Crippen LogP contribution >= 0.6 is 0 Å². The lowest BCUT2D eigenvalue weighted by molar-refractivity contribution is 0.0582. The summed E-state index contributed by atoms with van der Waals surface area (Å²) >= 11 is 0. The quantitative estimate of drug-likeness (QED) is 0.817. The van der Waals surface area contributed by atoms with Crippen molar-refractivity contribution < 1.29 is 9.53 Å². The maximum absolute atomic E-state index is 12.3. The highest BCUT2D eigenvalue weighted by atomic mass is 16.5. The topological polar surface area (TPSA) is 73.1 Å². The number of ether oxygens (including phenoxy) is 1. The third-order valence-corrected chi connectivity index (χ3v) is 3.50. The van der Waals surface area contributed by atoms with E-state index in [4.69, 9.17) is 4.74 Å². The van der Waals surface area contributed by atoms with E-state index in [9.17, 15) is 4.79 Å². The zero-order valence-electron chi connectivity index (χ0n) is 11.8. The number of hydrogen-bond acceptors (Lipinski definition) is 5. The van der Waals surface area contributed by atoms with E-state index >= 15 is 0 Å². The van der Waals surface area contributed by atoms with Gasteiger partial charge in [0.05, 0.1) is 19.8 Å². The summed E-state index contributed by atoms with van der Waals surface area (Å²) < 4.78 is 5.85. The number of aromatic nitrogens is 4. The third kappa shape index (κ3) is 3.08. The van der Waals surface area contributed by atoms with Crippen LogP contribution in [-0.4, -0.2) is 50.7 Å². The molecule has 1 aliphatic heterocycles. The van der Waals surface area contributed by atoms with Crippen molar-refractivity contribution in [3.05, 3.63) is 41.7 Å². The molecule has 110 valence electrons. The average molecular weight is 287 g/mol. The van der Waals surface area contributed by atoms with E-state index in [1.54, 1.807) is 11.9 Å². The second kappa shape index (κ2) is 6.01. The fourth-order valence-electron chi connectivity index (χ4n) is 2.42. The minimum atomic E-state index is -0.194. The van der Waals surface area contributed by atoms with Crippen LogP contribution < -0.4 is 0 Å². The Bertz CT molecular complexity index is 613. The number of aryl methyl sites for hydroxylation is 1. The van der Waals surface area contributed by atoms with Gasteiger partial charge in [0.15, 0.2) is 0 Å². The first-order chi connectivity index (χ1) is 10.2. The van der Waals surface area contributed by atoms with Gasteiger partial charge < -0.3 is 9.64 Å². The number of carbonyl (C=O) groups is 1. The van der Waals surface area contributed by atoms with Gasteiger partial charge in [-0.2, -0.15) is 4.80 Å². The molecule has 7 heteroatoms. The number of nitrogens with zero attached hydrogens (tertiary/aromatic N) is 5. The van der Waals surface area contributed by atoms with Crippen LogP contribution in [0.1, 0.15) is 28.7 Å². The van der Waals surface area contributed by atoms with Gasteiger partial charge in [-0.15, -0.1) is 10.2 Å². The van der Waals surface area contributed by atoms with Crippen molar-refractivity contribution >= 4 is 5.91 Å². The fraction of sp³-hybridized carbons (Fsp3) is 0.429. The van der Waals surface area contributed by atoms with Crippen molar-refractivity contribution in [2.75, 3.05) is 19.7 Å². The number of benzene rings is 1. The van der Waals surface area contributed by atoms with Crippen LogP contribution in [0.4, 0.5) is 0 Å². The molecule has 7 nitrogen and oxygen atoms in total. The van der Waals surface area contributed by atoms with Crippen molar-refractivity contribution in [2.45, 2.75) is 12.5 Å². The molecule has 0 bridgehead atoms. The van der Waals surface area contributed by atoms with Gasteiger partial charge in [0, 0.05) is 13.1 Å². The van der Waals surface area contributed by atoms with Gasteiger partial charge in [0.2, 0.25) is 0 Å². The predicted octanol–water partition coefficient (Wildman–Crippen LogP) is 0.814. The molecule has 1 aromatic heterocycles. The summed E-state index contributed by atoms with van der Waals surface area (Å²) in [5, 5.41) is 11.4. The molecular formula is C14H17N5O2. The second-order valence-corrected chi connectivity index (χ2v) is 4.95. The summed E-state index contributed by atoms with van der Waals surface area (Å²) in [7, 11) is 1.64. The van der Waals surface area contributed by atoms with Gasteiger partial charge in [-0.25, -0.2) is 0 Å². The van der Waals surface area contributed by atoms with Gasteiger partial charge >= 0.3 is 0 Å². The van der Waals surface area contributed by atoms with E-state index in [-0.39, 0.29) is 17.8 Å². The Morgan fingerprint density at radius 2 is 2.10 bits per heavy atom. The standard InChI is InChI=1S/C14H17N5O2/c1-18-16-13(15-17-18)14(20)19-8-7-12(21-10-9-19)11-5-3-2-4-6-11/h2-6,12H,7-10H2,1H3. The summed E-state index contributed by atoms with van der Waals surface area (Å²) in [6, 6.07) is 10.1. The van der Waals surface area contributed by atoms with Gasteiger partial charge in [0.1, 0.15) is 0 Å². The van der Waals surface area contributed by atoms with Crippen molar-refractivity contribution in [3.63, 3.8) is 0 Å². The minimum absolute atomic E-state index is 0.0267. The first-order valence-electron chi connectivity index (χ1n) is 6.94. The van der Waals surface area contributed by atoms with E-state index in [0.29, 0.717) is 19.7 Å². The average Bonchev–Trinajstić information content (AvgIpc) is 2.81. The summed E-state index contributed by atoms with van der Waals surface area (Å²) in [5.41, 5.74) is 1.14. The van der Waals surface area contributed by atoms with Crippen LogP contribution in [0.25, 0.3) is 0 Å². The number of tetrazole rings is 1. The molecule has 3 rings (SSSR count). The van der Waals surface area contributed by atoms with Gasteiger partial charge in [-0.3, -0.25) is 4.79 Å². The molecule has 0 saturated carbocycles. The molecular weight excluding hydrogens is 270 g/mol. The number of rotatable bonds is 2. The van der Waals surface area contributed by atoms with Gasteiger partial charge in [-0.05, 0) is 17.2 Å². The summed E-state index contributed by atoms with van der Waals surface area (Å²) in [4.78, 5) is 15.3. The van der Waals surface area contributed by atoms with E-state index in [0.717, 1.165) is 12.0 Å². The van der Waals surface area contributed by atoms with E-state index in [1.165, 1.54) is 4.80 Å². The Labute approximate surface area is 122 Å². The van der Waals surface area contributed by atoms with Crippen LogP contribution in [0.15, 0.2) is 30.3 Å². The third-order valence-electron chi connectivity index (χ3n) is 3.50. The van der Waals surface area contributed by atoms with Crippen molar-refractivity contribution in [3.8, 4) is 0 Å². The summed E-state index contributed by atoms with van der Waals surface area (Å²) in [5.74, 6) is -0.0592. The molecule has 0 radical (unpaired) electrons. The first-order valence-corrected chi connectivity index (χ1v) is 6.94. The minimum Gasteiger partial charge on any atom is -0.372 e. The lowest BCUT2D eigenvalue weighted by atomic mass is 10.1. The Morgan fingerprint density at radius 1 is 1.29 bits per heavy atom. The van der Waals surface area contributed by atoms with Crippen molar-refractivity contribution in [2.24, 2.45) is 7.05 Å². The van der Waals surface area contributed by atoms with Gasteiger partial charge in [-0.1, -0.05) is 30.3 Å². The van der Waals surface area contributed by atoms with E-state index in [2.05, 4.69) is 15.4 Å². The lowest BCUT2D eigenvalue weighted by Crippen LogP contribution is -2.34. The molecule has 1 aliphatic rings. The molecule has 1 saturated heterocycles. The van der Waals surface area contributed by atoms with Crippen LogP contribution in [0.5, 0.6) is 0 Å². The zero-order chi connectivity index (χ0) is 14.7. The van der Waals surface area contributed by atoms with Crippen LogP contribution in [0.3, 0.4) is 0 Å². The molecule has 1 fully saturated rings.